The molecule has 2 saturated carbocycles. The Hall–Kier alpha value is -1.02. The van der Waals surface area contributed by atoms with Crippen molar-refractivity contribution in [2.75, 3.05) is 13.1 Å². The van der Waals surface area contributed by atoms with Crippen molar-refractivity contribution in [3.63, 3.8) is 0 Å². The first-order chi connectivity index (χ1) is 7.89. The van der Waals surface area contributed by atoms with Crippen LogP contribution in [0.2, 0.25) is 0 Å². The lowest BCUT2D eigenvalue weighted by atomic mass is 10.0. The van der Waals surface area contributed by atoms with Crippen molar-refractivity contribution < 1.29 is 4.42 Å². The first-order valence-corrected chi connectivity index (χ1v) is 6.30. The molecular formula is C14H19NO. The third-order valence-corrected chi connectivity index (χ3v) is 3.90. The summed E-state index contributed by atoms with van der Waals surface area (Å²) in [5, 5.41) is 3.54. The monoisotopic (exact) mass is 217 g/mol. The molecule has 16 heavy (non-hydrogen) atoms. The highest BCUT2D eigenvalue weighted by atomic mass is 16.3. The fourth-order valence-electron chi connectivity index (χ4n) is 2.55. The van der Waals surface area contributed by atoms with Gasteiger partial charge in [-0.1, -0.05) is 6.08 Å². The zero-order valence-corrected chi connectivity index (χ0v) is 9.61. The Kier molecular flexibility index (Phi) is 2.60. The summed E-state index contributed by atoms with van der Waals surface area (Å²) >= 11 is 0. The minimum atomic E-state index is 0.707. The van der Waals surface area contributed by atoms with Crippen LogP contribution in [0.1, 0.15) is 31.4 Å². The summed E-state index contributed by atoms with van der Waals surface area (Å²) < 4.78 is 5.23. The molecule has 1 N–H and O–H groups in total. The van der Waals surface area contributed by atoms with Gasteiger partial charge in [-0.05, 0) is 55.2 Å². The van der Waals surface area contributed by atoms with Crippen LogP contribution in [0.15, 0.2) is 28.9 Å². The highest BCUT2D eigenvalue weighted by Gasteiger charge is 2.52. The molecule has 0 atom stereocenters. The quantitative estimate of drug-likeness (QED) is 0.741. The molecule has 1 aromatic heterocycles. The van der Waals surface area contributed by atoms with Crippen molar-refractivity contribution >= 4 is 6.08 Å². The van der Waals surface area contributed by atoms with Crippen LogP contribution in [0.5, 0.6) is 0 Å². The van der Waals surface area contributed by atoms with Gasteiger partial charge in [0.15, 0.2) is 0 Å². The van der Waals surface area contributed by atoms with Gasteiger partial charge in [-0.15, -0.1) is 0 Å². The van der Waals surface area contributed by atoms with E-state index in [1.807, 2.05) is 18.2 Å². The molecule has 0 aromatic carbocycles. The van der Waals surface area contributed by atoms with Crippen LogP contribution < -0.4 is 5.32 Å². The first-order valence-electron chi connectivity index (χ1n) is 6.30. The van der Waals surface area contributed by atoms with Crippen molar-refractivity contribution in [1.29, 1.82) is 0 Å². The van der Waals surface area contributed by atoms with Crippen LogP contribution >= 0.6 is 0 Å². The molecule has 2 nitrogen and oxygen atoms in total. The molecule has 3 rings (SSSR count). The highest BCUT2D eigenvalue weighted by Crippen LogP contribution is 2.60. The SMILES string of the molecule is C(=C\c1ccco1)/CNCC1(C2CC2)CC1. The van der Waals surface area contributed by atoms with Crippen LogP contribution in [-0.4, -0.2) is 13.1 Å². The van der Waals surface area contributed by atoms with E-state index in [4.69, 9.17) is 4.42 Å². The lowest BCUT2D eigenvalue weighted by Crippen LogP contribution is -2.25. The molecule has 0 aliphatic heterocycles. The van der Waals surface area contributed by atoms with Crippen LogP contribution in [0.25, 0.3) is 6.08 Å². The molecule has 86 valence electrons. The smallest absolute Gasteiger partial charge is 0.126 e. The fraction of sp³-hybridized carbons (Fsp3) is 0.571. The maximum absolute atomic E-state index is 5.23. The van der Waals surface area contributed by atoms with E-state index in [0.29, 0.717) is 5.41 Å². The van der Waals surface area contributed by atoms with Crippen molar-refractivity contribution in [1.82, 2.24) is 5.32 Å². The second-order valence-electron chi connectivity index (χ2n) is 5.19. The van der Waals surface area contributed by atoms with Gasteiger partial charge in [0.25, 0.3) is 0 Å². The summed E-state index contributed by atoms with van der Waals surface area (Å²) in [6.45, 7) is 2.16. The van der Waals surface area contributed by atoms with Crippen LogP contribution in [0.4, 0.5) is 0 Å². The predicted octanol–water partition coefficient (Wildman–Crippen LogP) is 3.07. The Morgan fingerprint density at radius 1 is 1.44 bits per heavy atom. The van der Waals surface area contributed by atoms with Gasteiger partial charge in [-0.2, -0.15) is 0 Å². The minimum Gasteiger partial charge on any atom is -0.465 e. The summed E-state index contributed by atoms with van der Waals surface area (Å²) in [7, 11) is 0. The van der Waals surface area contributed by atoms with Gasteiger partial charge in [-0.3, -0.25) is 0 Å². The van der Waals surface area contributed by atoms with E-state index in [0.717, 1.165) is 18.2 Å². The van der Waals surface area contributed by atoms with Gasteiger partial charge >= 0.3 is 0 Å². The van der Waals surface area contributed by atoms with Gasteiger partial charge in [0.1, 0.15) is 5.76 Å². The summed E-state index contributed by atoms with van der Waals surface area (Å²) in [4.78, 5) is 0. The summed E-state index contributed by atoms with van der Waals surface area (Å²) in [5.41, 5.74) is 0.707. The Morgan fingerprint density at radius 2 is 2.31 bits per heavy atom. The minimum absolute atomic E-state index is 0.707. The van der Waals surface area contributed by atoms with E-state index in [9.17, 15) is 0 Å². The zero-order chi connectivity index (χ0) is 10.8. The van der Waals surface area contributed by atoms with E-state index in [1.54, 1.807) is 6.26 Å². The van der Waals surface area contributed by atoms with Gasteiger partial charge in [0.2, 0.25) is 0 Å². The average Bonchev–Trinajstić information content (AvgIpc) is 3.18. The summed E-state index contributed by atoms with van der Waals surface area (Å²) in [6.07, 6.45) is 11.7. The standard InChI is InChI=1S/C14H19NO/c1(3-13-4-2-10-16-13)9-15-11-14(7-8-14)12-5-6-12/h1-4,10,12,15H,5-9,11H2/b3-1+. The third-order valence-electron chi connectivity index (χ3n) is 3.90. The van der Waals surface area contributed by atoms with E-state index >= 15 is 0 Å². The first kappa shape index (κ1) is 10.2. The number of nitrogens with one attached hydrogen (secondary N) is 1. The van der Waals surface area contributed by atoms with Crippen molar-refractivity contribution in [2.45, 2.75) is 25.7 Å². The van der Waals surface area contributed by atoms with E-state index in [1.165, 1.54) is 32.2 Å². The largest absolute Gasteiger partial charge is 0.465 e. The molecule has 1 aromatic rings. The third kappa shape index (κ3) is 2.22. The Morgan fingerprint density at radius 3 is 2.94 bits per heavy atom. The van der Waals surface area contributed by atoms with Crippen LogP contribution in [0.3, 0.4) is 0 Å². The predicted molar refractivity (Wildman–Crippen MR) is 65.0 cm³/mol. The summed E-state index contributed by atoms with van der Waals surface area (Å²) in [5.74, 6) is 1.99. The Bertz CT molecular complexity index is 358. The molecule has 0 bridgehead atoms. The van der Waals surface area contributed by atoms with Crippen LogP contribution in [0, 0.1) is 11.3 Å². The molecule has 2 aliphatic carbocycles. The molecule has 0 unspecified atom stereocenters. The molecule has 2 aliphatic rings. The molecule has 0 amide bonds. The Balaban J connectivity index is 1.38. The molecule has 0 radical (unpaired) electrons. The van der Waals surface area contributed by atoms with E-state index in [-0.39, 0.29) is 0 Å². The van der Waals surface area contributed by atoms with Gasteiger partial charge in [-0.25, -0.2) is 0 Å². The number of furan rings is 1. The van der Waals surface area contributed by atoms with Crippen molar-refractivity contribution in [3.8, 4) is 0 Å². The molecular weight excluding hydrogens is 198 g/mol. The fourth-order valence-corrected chi connectivity index (χ4v) is 2.55. The molecule has 0 saturated heterocycles. The van der Waals surface area contributed by atoms with Gasteiger partial charge < -0.3 is 9.73 Å². The number of hydrogen-bond acceptors (Lipinski definition) is 2. The van der Waals surface area contributed by atoms with Crippen LogP contribution in [-0.2, 0) is 0 Å². The maximum atomic E-state index is 5.23. The normalized spacial score (nSPS) is 22.8. The molecule has 2 fully saturated rings. The average molecular weight is 217 g/mol. The molecule has 0 spiro atoms. The zero-order valence-electron chi connectivity index (χ0n) is 9.61. The van der Waals surface area contributed by atoms with E-state index in [2.05, 4.69) is 11.4 Å². The number of hydrogen-bond donors (Lipinski definition) is 1. The number of rotatable bonds is 6. The summed E-state index contributed by atoms with van der Waals surface area (Å²) in [6, 6.07) is 3.89. The van der Waals surface area contributed by atoms with Crippen molar-refractivity contribution in [3.05, 3.63) is 30.2 Å². The van der Waals surface area contributed by atoms with Crippen molar-refractivity contribution in [2.24, 2.45) is 11.3 Å². The maximum Gasteiger partial charge on any atom is 0.126 e. The molecule has 2 heteroatoms. The van der Waals surface area contributed by atoms with E-state index < -0.39 is 0 Å². The van der Waals surface area contributed by atoms with Gasteiger partial charge in [0.05, 0.1) is 6.26 Å². The second kappa shape index (κ2) is 4.10. The topological polar surface area (TPSA) is 25.2 Å². The van der Waals surface area contributed by atoms with Gasteiger partial charge in [0, 0.05) is 13.1 Å². The lowest BCUT2D eigenvalue weighted by Gasteiger charge is -2.13. The highest BCUT2D eigenvalue weighted by molar-refractivity contribution is 5.42. The lowest BCUT2D eigenvalue weighted by molar-refractivity contribution is 0.413. The molecule has 1 heterocycles. The second-order valence-corrected chi connectivity index (χ2v) is 5.19. The Labute approximate surface area is 96.7 Å².